The summed E-state index contributed by atoms with van der Waals surface area (Å²) in [5.74, 6) is 2.77. The lowest BCUT2D eigenvalue weighted by Gasteiger charge is -2.25. The quantitative estimate of drug-likeness (QED) is 0.810. The van der Waals surface area contributed by atoms with Gasteiger partial charge in [0.1, 0.15) is 0 Å². The van der Waals surface area contributed by atoms with Crippen molar-refractivity contribution in [1.29, 1.82) is 0 Å². The van der Waals surface area contributed by atoms with Crippen LogP contribution in [0.3, 0.4) is 0 Å². The van der Waals surface area contributed by atoms with Gasteiger partial charge in [-0.3, -0.25) is 4.79 Å². The molecule has 0 N–H and O–H groups in total. The Labute approximate surface area is 158 Å². The standard InChI is InChI=1S/C21H23NO5/c1-24-17-8-6-15(12-19(17)25-2)21(23)22-9-3-4-16(22)10-14-5-7-18-20(11-14)27-13-26-18/h5-8,11-12,16H,3-4,9-10,13H2,1-2H3. The Morgan fingerprint density at radius 1 is 1.07 bits per heavy atom. The number of ether oxygens (including phenoxy) is 4. The average Bonchev–Trinajstić information content (AvgIpc) is 3.35. The lowest BCUT2D eigenvalue weighted by molar-refractivity contribution is 0.0736. The minimum atomic E-state index is 0.0270. The first-order valence-corrected chi connectivity index (χ1v) is 9.11. The molecule has 0 radical (unpaired) electrons. The highest BCUT2D eigenvalue weighted by Gasteiger charge is 2.30. The Morgan fingerprint density at radius 2 is 1.89 bits per heavy atom. The molecular weight excluding hydrogens is 346 g/mol. The third-order valence-corrected chi connectivity index (χ3v) is 5.18. The summed E-state index contributed by atoms with van der Waals surface area (Å²) in [6, 6.07) is 11.5. The summed E-state index contributed by atoms with van der Waals surface area (Å²) in [6.07, 6.45) is 2.80. The van der Waals surface area contributed by atoms with Gasteiger partial charge in [-0.2, -0.15) is 0 Å². The molecular formula is C21H23NO5. The molecule has 2 aliphatic rings. The molecule has 0 bridgehead atoms. The Bertz CT molecular complexity index is 850. The monoisotopic (exact) mass is 369 g/mol. The normalized spacial score (nSPS) is 17.9. The third kappa shape index (κ3) is 3.39. The van der Waals surface area contributed by atoms with Crippen LogP contribution in [0, 0.1) is 0 Å². The van der Waals surface area contributed by atoms with Crippen molar-refractivity contribution in [3.05, 3.63) is 47.5 Å². The Morgan fingerprint density at radius 3 is 2.70 bits per heavy atom. The molecule has 2 aromatic carbocycles. The van der Waals surface area contributed by atoms with E-state index >= 15 is 0 Å². The summed E-state index contributed by atoms with van der Waals surface area (Å²) in [5.41, 5.74) is 1.77. The number of hydrogen-bond acceptors (Lipinski definition) is 5. The molecule has 2 aliphatic heterocycles. The lowest BCUT2D eigenvalue weighted by atomic mass is 10.0. The Balaban J connectivity index is 1.51. The van der Waals surface area contributed by atoms with Crippen LogP contribution in [0.5, 0.6) is 23.0 Å². The van der Waals surface area contributed by atoms with Crippen LogP contribution in [-0.2, 0) is 6.42 Å². The van der Waals surface area contributed by atoms with Crippen LogP contribution in [0.25, 0.3) is 0 Å². The van der Waals surface area contributed by atoms with Crippen LogP contribution in [0.15, 0.2) is 36.4 Å². The zero-order valence-electron chi connectivity index (χ0n) is 15.6. The first-order chi connectivity index (χ1) is 13.2. The van der Waals surface area contributed by atoms with E-state index in [0.717, 1.165) is 42.9 Å². The van der Waals surface area contributed by atoms with E-state index < -0.39 is 0 Å². The van der Waals surface area contributed by atoms with Gasteiger partial charge in [-0.1, -0.05) is 6.07 Å². The second kappa shape index (κ2) is 7.39. The van der Waals surface area contributed by atoms with E-state index in [1.54, 1.807) is 32.4 Å². The maximum atomic E-state index is 13.1. The van der Waals surface area contributed by atoms with Crippen LogP contribution in [0.4, 0.5) is 0 Å². The molecule has 1 saturated heterocycles. The highest BCUT2D eigenvalue weighted by atomic mass is 16.7. The molecule has 1 unspecified atom stereocenters. The smallest absolute Gasteiger partial charge is 0.254 e. The van der Waals surface area contributed by atoms with E-state index in [-0.39, 0.29) is 18.7 Å². The minimum absolute atomic E-state index is 0.0270. The van der Waals surface area contributed by atoms with Gasteiger partial charge in [-0.15, -0.1) is 0 Å². The predicted octanol–water partition coefficient (Wildman–Crippen LogP) is 3.28. The molecule has 2 heterocycles. The van der Waals surface area contributed by atoms with Gasteiger partial charge in [-0.25, -0.2) is 0 Å². The maximum absolute atomic E-state index is 13.1. The zero-order chi connectivity index (χ0) is 18.8. The van der Waals surface area contributed by atoms with Crippen LogP contribution >= 0.6 is 0 Å². The van der Waals surface area contributed by atoms with Crippen molar-refractivity contribution in [2.45, 2.75) is 25.3 Å². The molecule has 6 heteroatoms. The van der Waals surface area contributed by atoms with Gasteiger partial charge >= 0.3 is 0 Å². The number of amides is 1. The summed E-state index contributed by atoms with van der Waals surface area (Å²) >= 11 is 0. The van der Waals surface area contributed by atoms with Gasteiger partial charge in [0.25, 0.3) is 5.91 Å². The highest BCUT2D eigenvalue weighted by molar-refractivity contribution is 5.95. The van der Waals surface area contributed by atoms with Gasteiger partial charge in [-0.05, 0) is 55.2 Å². The van der Waals surface area contributed by atoms with E-state index in [2.05, 4.69) is 0 Å². The first kappa shape index (κ1) is 17.5. The van der Waals surface area contributed by atoms with Gasteiger partial charge in [0, 0.05) is 18.2 Å². The van der Waals surface area contributed by atoms with E-state index in [4.69, 9.17) is 18.9 Å². The fourth-order valence-electron chi connectivity index (χ4n) is 3.79. The summed E-state index contributed by atoms with van der Waals surface area (Å²) in [6.45, 7) is 1.04. The van der Waals surface area contributed by atoms with Gasteiger partial charge in [0.05, 0.1) is 14.2 Å². The summed E-state index contributed by atoms with van der Waals surface area (Å²) in [7, 11) is 3.16. The predicted molar refractivity (Wildman–Crippen MR) is 99.9 cm³/mol. The number of methoxy groups -OCH3 is 2. The highest BCUT2D eigenvalue weighted by Crippen LogP contribution is 2.34. The third-order valence-electron chi connectivity index (χ3n) is 5.18. The van der Waals surface area contributed by atoms with Crippen LogP contribution in [-0.4, -0.2) is 44.4 Å². The summed E-state index contributed by atoms with van der Waals surface area (Å²) < 4.78 is 21.4. The molecule has 6 nitrogen and oxygen atoms in total. The number of rotatable bonds is 5. The lowest BCUT2D eigenvalue weighted by Crippen LogP contribution is -2.36. The van der Waals surface area contributed by atoms with Gasteiger partial charge in [0.15, 0.2) is 23.0 Å². The molecule has 0 saturated carbocycles. The van der Waals surface area contributed by atoms with Crippen LogP contribution in [0.2, 0.25) is 0 Å². The van der Waals surface area contributed by atoms with Gasteiger partial charge < -0.3 is 23.8 Å². The van der Waals surface area contributed by atoms with Crippen molar-refractivity contribution in [3.8, 4) is 23.0 Å². The van der Waals surface area contributed by atoms with E-state index in [1.165, 1.54) is 0 Å². The summed E-state index contributed by atoms with van der Waals surface area (Å²) in [4.78, 5) is 15.1. The van der Waals surface area contributed by atoms with Crippen molar-refractivity contribution in [2.24, 2.45) is 0 Å². The van der Waals surface area contributed by atoms with Crippen molar-refractivity contribution in [2.75, 3.05) is 27.6 Å². The van der Waals surface area contributed by atoms with Gasteiger partial charge in [0.2, 0.25) is 6.79 Å². The van der Waals surface area contributed by atoms with Crippen LogP contribution in [0.1, 0.15) is 28.8 Å². The van der Waals surface area contributed by atoms with E-state index in [9.17, 15) is 4.79 Å². The number of nitrogens with zero attached hydrogens (tertiary/aromatic N) is 1. The second-order valence-electron chi connectivity index (χ2n) is 6.76. The molecule has 4 rings (SSSR count). The first-order valence-electron chi connectivity index (χ1n) is 9.11. The molecule has 27 heavy (non-hydrogen) atoms. The van der Waals surface area contributed by atoms with Crippen molar-refractivity contribution in [1.82, 2.24) is 4.90 Å². The average molecular weight is 369 g/mol. The molecule has 0 aromatic heterocycles. The Hall–Kier alpha value is -2.89. The van der Waals surface area contributed by atoms with Crippen molar-refractivity contribution >= 4 is 5.91 Å². The number of carbonyl (C=O) groups is 1. The molecule has 0 spiro atoms. The fraction of sp³-hybridized carbons (Fsp3) is 0.381. The molecule has 1 amide bonds. The molecule has 142 valence electrons. The minimum Gasteiger partial charge on any atom is -0.493 e. The van der Waals surface area contributed by atoms with Crippen molar-refractivity contribution < 1.29 is 23.7 Å². The number of fused-ring (bicyclic) bond motifs is 1. The molecule has 1 atom stereocenters. The number of likely N-dealkylation sites (tertiary alicyclic amines) is 1. The number of hydrogen-bond donors (Lipinski definition) is 0. The maximum Gasteiger partial charge on any atom is 0.254 e. The largest absolute Gasteiger partial charge is 0.493 e. The zero-order valence-corrected chi connectivity index (χ0v) is 15.6. The number of benzene rings is 2. The molecule has 1 fully saturated rings. The fourth-order valence-corrected chi connectivity index (χ4v) is 3.79. The summed E-state index contributed by atoms with van der Waals surface area (Å²) in [5, 5.41) is 0. The topological polar surface area (TPSA) is 57.2 Å². The SMILES string of the molecule is COc1ccc(C(=O)N2CCCC2Cc2ccc3c(c2)OCO3)cc1OC. The van der Waals surface area contributed by atoms with E-state index in [0.29, 0.717) is 17.1 Å². The molecule has 2 aromatic rings. The van der Waals surface area contributed by atoms with Crippen LogP contribution < -0.4 is 18.9 Å². The molecule has 0 aliphatic carbocycles. The number of carbonyl (C=O) groups excluding carboxylic acids is 1. The Kier molecular flexibility index (Phi) is 4.79. The van der Waals surface area contributed by atoms with E-state index in [1.807, 2.05) is 23.1 Å². The second-order valence-corrected chi connectivity index (χ2v) is 6.76. The van der Waals surface area contributed by atoms with Crippen molar-refractivity contribution in [3.63, 3.8) is 0 Å².